The first kappa shape index (κ1) is 9.23. The Hall–Kier alpha value is -0.860. The van der Waals surface area contributed by atoms with Gasteiger partial charge in [-0.05, 0) is 25.8 Å². The van der Waals surface area contributed by atoms with Gasteiger partial charge in [-0.15, -0.1) is 5.21 Å². The van der Waals surface area contributed by atoms with Gasteiger partial charge in [-0.3, -0.25) is 0 Å². The second-order valence-electron chi connectivity index (χ2n) is 3.65. The summed E-state index contributed by atoms with van der Waals surface area (Å²) in [5.41, 5.74) is 2.87. The minimum absolute atomic E-state index is 0.360. The standard InChI is InChI=1S/C10H14NO/c1-10(2,11-12)8-9-6-4-3-5-7-9/h3-7,11H,8H2,1-2H3. The van der Waals surface area contributed by atoms with Gasteiger partial charge in [0.2, 0.25) is 0 Å². The minimum Gasteiger partial charge on any atom is -0.162 e. The molecule has 2 heteroatoms. The van der Waals surface area contributed by atoms with Crippen LogP contribution in [0, 0.1) is 0 Å². The van der Waals surface area contributed by atoms with Crippen molar-refractivity contribution < 1.29 is 5.21 Å². The Bertz CT molecular complexity index is 231. The normalized spacial score (nSPS) is 11.6. The SMILES string of the molecule is CC(C)(Cc1ccccc1)N[O]. The van der Waals surface area contributed by atoms with Gasteiger partial charge in [0, 0.05) is 5.54 Å². The first-order chi connectivity index (χ1) is 5.64. The average Bonchev–Trinajstić information content (AvgIpc) is 2.06. The molecule has 0 saturated heterocycles. The second-order valence-corrected chi connectivity index (χ2v) is 3.65. The van der Waals surface area contributed by atoms with Crippen LogP contribution in [0.1, 0.15) is 19.4 Å². The summed E-state index contributed by atoms with van der Waals surface area (Å²) in [5, 5.41) is 10.5. The Balaban J connectivity index is 2.64. The maximum atomic E-state index is 10.5. The Labute approximate surface area is 73.2 Å². The first-order valence-corrected chi connectivity index (χ1v) is 4.07. The maximum Gasteiger partial charge on any atom is 0.0447 e. The van der Waals surface area contributed by atoms with Gasteiger partial charge in [0.15, 0.2) is 0 Å². The summed E-state index contributed by atoms with van der Waals surface area (Å²) < 4.78 is 0. The molecule has 0 saturated carbocycles. The molecule has 0 aliphatic carbocycles. The van der Waals surface area contributed by atoms with Gasteiger partial charge >= 0.3 is 0 Å². The fourth-order valence-electron chi connectivity index (χ4n) is 1.14. The zero-order valence-electron chi connectivity index (χ0n) is 7.50. The molecule has 0 aliphatic heterocycles. The summed E-state index contributed by atoms with van der Waals surface area (Å²) in [7, 11) is 0. The van der Waals surface area contributed by atoms with Crippen LogP contribution < -0.4 is 5.48 Å². The summed E-state index contributed by atoms with van der Waals surface area (Å²) in [6.07, 6.45) is 0.761. The largest absolute Gasteiger partial charge is 0.162 e. The molecular weight excluding hydrogens is 150 g/mol. The highest BCUT2D eigenvalue weighted by Crippen LogP contribution is 2.11. The minimum atomic E-state index is -0.360. The molecule has 0 aliphatic rings. The summed E-state index contributed by atoms with van der Waals surface area (Å²) in [5.74, 6) is 0. The lowest BCUT2D eigenvalue weighted by Crippen LogP contribution is -2.37. The predicted molar refractivity (Wildman–Crippen MR) is 48.0 cm³/mol. The van der Waals surface area contributed by atoms with E-state index in [9.17, 15) is 5.21 Å². The van der Waals surface area contributed by atoms with Gasteiger partial charge in [-0.25, -0.2) is 0 Å². The zero-order valence-corrected chi connectivity index (χ0v) is 7.50. The molecule has 2 nitrogen and oxygen atoms in total. The highest BCUT2D eigenvalue weighted by molar-refractivity contribution is 5.16. The van der Waals surface area contributed by atoms with Crippen molar-refractivity contribution >= 4 is 0 Å². The van der Waals surface area contributed by atoms with E-state index in [1.807, 2.05) is 49.7 Å². The zero-order chi connectivity index (χ0) is 9.03. The van der Waals surface area contributed by atoms with Gasteiger partial charge in [-0.2, -0.15) is 5.48 Å². The molecule has 0 bridgehead atoms. The topological polar surface area (TPSA) is 31.9 Å². The molecule has 1 aromatic rings. The van der Waals surface area contributed by atoms with Crippen molar-refractivity contribution in [2.75, 3.05) is 0 Å². The van der Waals surface area contributed by atoms with Crippen molar-refractivity contribution in [2.24, 2.45) is 0 Å². The number of hydrogen-bond acceptors (Lipinski definition) is 1. The summed E-state index contributed by atoms with van der Waals surface area (Å²) in [4.78, 5) is 0. The Morgan fingerprint density at radius 3 is 2.33 bits per heavy atom. The van der Waals surface area contributed by atoms with Crippen molar-refractivity contribution in [2.45, 2.75) is 25.8 Å². The molecule has 1 rings (SSSR count). The van der Waals surface area contributed by atoms with Crippen molar-refractivity contribution in [3.8, 4) is 0 Å². The number of benzene rings is 1. The average molecular weight is 164 g/mol. The number of hydrogen-bond donors (Lipinski definition) is 1. The molecule has 0 unspecified atom stereocenters. The maximum absolute atomic E-state index is 10.5. The van der Waals surface area contributed by atoms with E-state index in [0.29, 0.717) is 0 Å². The van der Waals surface area contributed by atoms with Crippen molar-refractivity contribution in [1.29, 1.82) is 0 Å². The molecule has 0 amide bonds. The van der Waals surface area contributed by atoms with Crippen LogP contribution >= 0.6 is 0 Å². The van der Waals surface area contributed by atoms with E-state index in [2.05, 4.69) is 0 Å². The molecule has 0 spiro atoms. The van der Waals surface area contributed by atoms with E-state index < -0.39 is 0 Å². The molecule has 12 heavy (non-hydrogen) atoms. The van der Waals surface area contributed by atoms with Gasteiger partial charge in [0.05, 0.1) is 0 Å². The molecule has 0 atom stereocenters. The van der Waals surface area contributed by atoms with Crippen LogP contribution in [0.5, 0.6) is 0 Å². The van der Waals surface area contributed by atoms with E-state index in [0.717, 1.165) is 6.42 Å². The Morgan fingerprint density at radius 2 is 1.83 bits per heavy atom. The van der Waals surface area contributed by atoms with Crippen molar-refractivity contribution in [3.05, 3.63) is 35.9 Å². The highest BCUT2D eigenvalue weighted by atomic mass is 16.5. The van der Waals surface area contributed by atoms with E-state index >= 15 is 0 Å². The van der Waals surface area contributed by atoms with Crippen LogP contribution in [0.3, 0.4) is 0 Å². The molecule has 0 heterocycles. The first-order valence-electron chi connectivity index (χ1n) is 4.07. The third-order valence-electron chi connectivity index (χ3n) is 1.77. The van der Waals surface area contributed by atoms with Crippen LogP contribution in [0.15, 0.2) is 30.3 Å². The molecule has 1 aromatic carbocycles. The molecule has 1 radical (unpaired) electrons. The fraction of sp³-hybridized carbons (Fsp3) is 0.400. The molecular formula is C10H14NO. The quantitative estimate of drug-likeness (QED) is 0.680. The predicted octanol–water partition coefficient (Wildman–Crippen LogP) is 1.94. The Morgan fingerprint density at radius 1 is 1.25 bits per heavy atom. The second kappa shape index (κ2) is 3.70. The highest BCUT2D eigenvalue weighted by Gasteiger charge is 2.16. The molecule has 65 valence electrons. The molecule has 0 aromatic heterocycles. The smallest absolute Gasteiger partial charge is 0.0447 e. The summed E-state index contributed by atoms with van der Waals surface area (Å²) >= 11 is 0. The lowest BCUT2D eigenvalue weighted by atomic mass is 9.96. The van der Waals surface area contributed by atoms with Gasteiger partial charge in [0.25, 0.3) is 0 Å². The van der Waals surface area contributed by atoms with Crippen LogP contribution in [0.2, 0.25) is 0 Å². The number of hydroxylamine groups is 1. The molecule has 1 N–H and O–H groups in total. The third-order valence-corrected chi connectivity index (χ3v) is 1.77. The number of rotatable bonds is 3. The van der Waals surface area contributed by atoms with Crippen LogP contribution in [-0.4, -0.2) is 5.54 Å². The van der Waals surface area contributed by atoms with Gasteiger partial charge in [-0.1, -0.05) is 30.3 Å². The van der Waals surface area contributed by atoms with Crippen molar-refractivity contribution in [1.82, 2.24) is 5.48 Å². The monoisotopic (exact) mass is 164 g/mol. The van der Waals surface area contributed by atoms with E-state index in [1.165, 1.54) is 5.56 Å². The fourth-order valence-corrected chi connectivity index (χ4v) is 1.14. The van der Waals surface area contributed by atoms with Crippen LogP contribution in [0.25, 0.3) is 0 Å². The van der Waals surface area contributed by atoms with E-state index in [-0.39, 0.29) is 5.54 Å². The van der Waals surface area contributed by atoms with Gasteiger partial charge < -0.3 is 0 Å². The van der Waals surface area contributed by atoms with E-state index in [4.69, 9.17) is 0 Å². The lowest BCUT2D eigenvalue weighted by molar-refractivity contribution is 0.00973. The van der Waals surface area contributed by atoms with E-state index in [1.54, 1.807) is 0 Å². The summed E-state index contributed by atoms with van der Waals surface area (Å²) in [6, 6.07) is 9.99. The Kier molecular flexibility index (Phi) is 2.84. The lowest BCUT2D eigenvalue weighted by Gasteiger charge is -2.20. The van der Waals surface area contributed by atoms with Crippen molar-refractivity contribution in [3.63, 3.8) is 0 Å². The molecule has 0 fully saturated rings. The van der Waals surface area contributed by atoms with Gasteiger partial charge in [0.1, 0.15) is 0 Å². The number of nitrogens with one attached hydrogen (secondary N) is 1. The summed E-state index contributed by atoms with van der Waals surface area (Å²) in [6.45, 7) is 3.79. The van der Waals surface area contributed by atoms with Crippen LogP contribution in [-0.2, 0) is 11.6 Å². The van der Waals surface area contributed by atoms with Crippen LogP contribution in [0.4, 0.5) is 0 Å². The third kappa shape index (κ3) is 2.64.